The summed E-state index contributed by atoms with van der Waals surface area (Å²) in [6.07, 6.45) is 11.3. The van der Waals surface area contributed by atoms with E-state index in [0.29, 0.717) is 41.3 Å². The molecule has 3 heterocycles. The molecule has 2 fully saturated rings. The van der Waals surface area contributed by atoms with Crippen LogP contribution in [0.5, 0.6) is 0 Å². The third-order valence-electron chi connectivity index (χ3n) is 7.53. The van der Waals surface area contributed by atoms with Crippen LogP contribution in [0.1, 0.15) is 44.2 Å². The van der Waals surface area contributed by atoms with E-state index in [-0.39, 0.29) is 6.04 Å². The highest BCUT2D eigenvalue weighted by molar-refractivity contribution is 6.35. The summed E-state index contributed by atoms with van der Waals surface area (Å²) in [5.74, 6) is 1.21. The number of methoxy groups -OCH3 is 2. The smallest absolute Gasteiger partial charge is 0.137 e. The lowest BCUT2D eigenvalue weighted by Crippen LogP contribution is -2.45. The van der Waals surface area contributed by atoms with E-state index in [2.05, 4.69) is 26.7 Å². The molecule has 1 aliphatic carbocycles. The minimum atomic E-state index is 0.234. The molecule has 4 rings (SSSR count). The fourth-order valence-corrected chi connectivity index (χ4v) is 5.87. The first-order chi connectivity index (χ1) is 18.1. The molecule has 0 unspecified atom stereocenters. The first-order valence-corrected chi connectivity index (χ1v) is 14.2. The highest BCUT2D eigenvalue weighted by Gasteiger charge is 2.24. The van der Waals surface area contributed by atoms with E-state index >= 15 is 0 Å². The maximum atomic E-state index is 6.60. The van der Waals surface area contributed by atoms with Gasteiger partial charge in [0.1, 0.15) is 5.15 Å². The second-order valence-electron chi connectivity index (χ2n) is 10.4. The van der Waals surface area contributed by atoms with E-state index in [0.717, 1.165) is 87.2 Å². The first kappa shape index (κ1) is 28.5. The van der Waals surface area contributed by atoms with Gasteiger partial charge in [0.15, 0.2) is 0 Å². The molecule has 204 valence electrons. The van der Waals surface area contributed by atoms with Crippen molar-refractivity contribution in [2.75, 3.05) is 52.5 Å². The van der Waals surface area contributed by atoms with Crippen LogP contribution in [-0.4, -0.2) is 69.2 Å². The summed E-state index contributed by atoms with van der Waals surface area (Å²) >= 11 is 13.1. The van der Waals surface area contributed by atoms with Crippen LogP contribution in [0.15, 0.2) is 24.5 Å². The molecule has 2 aromatic rings. The average Bonchev–Trinajstić information content (AvgIpc) is 2.91. The molecule has 0 amide bonds. The zero-order valence-electron chi connectivity index (χ0n) is 22.0. The van der Waals surface area contributed by atoms with Crippen LogP contribution in [0.25, 0.3) is 11.1 Å². The van der Waals surface area contributed by atoms with E-state index in [4.69, 9.17) is 37.4 Å². The molecule has 2 aliphatic rings. The van der Waals surface area contributed by atoms with Crippen molar-refractivity contribution < 1.29 is 14.2 Å². The van der Waals surface area contributed by atoms with E-state index in [1.54, 1.807) is 26.6 Å². The Kier molecular flexibility index (Phi) is 11.3. The van der Waals surface area contributed by atoms with E-state index in [9.17, 15) is 0 Å². The van der Waals surface area contributed by atoms with Crippen LogP contribution < -0.4 is 10.6 Å². The summed E-state index contributed by atoms with van der Waals surface area (Å²) in [5.41, 5.74) is 3.72. The molecule has 0 atom stereocenters. The summed E-state index contributed by atoms with van der Waals surface area (Å²) in [5, 5.41) is 8.27. The van der Waals surface area contributed by atoms with Crippen LogP contribution in [0.3, 0.4) is 0 Å². The van der Waals surface area contributed by atoms with Gasteiger partial charge < -0.3 is 24.8 Å². The number of anilines is 1. The standard InChI is InChI=1S/C28H40Cl2N4O3/c1-35-17-24(18-36-2)34-21-5-3-19(4-6-21)11-22-12-25(27(29)16-32-22)26-13-23(15-33-28(26)30)31-14-20-7-9-37-10-8-20/h12-13,15-16,19-21,24,31,34H,3-11,14,17-18H2,1-2H3. The van der Waals surface area contributed by atoms with Crippen molar-refractivity contribution in [3.05, 3.63) is 40.4 Å². The van der Waals surface area contributed by atoms with Crippen molar-refractivity contribution in [3.63, 3.8) is 0 Å². The number of pyridine rings is 2. The summed E-state index contributed by atoms with van der Waals surface area (Å²) in [6.45, 7) is 3.90. The molecule has 2 N–H and O–H groups in total. The molecule has 0 bridgehead atoms. The van der Waals surface area contributed by atoms with Gasteiger partial charge in [-0.3, -0.25) is 4.98 Å². The lowest BCUT2D eigenvalue weighted by Gasteiger charge is -2.32. The number of nitrogens with one attached hydrogen (secondary N) is 2. The van der Waals surface area contributed by atoms with Gasteiger partial charge in [-0.15, -0.1) is 0 Å². The van der Waals surface area contributed by atoms with Crippen LogP contribution in [-0.2, 0) is 20.6 Å². The van der Waals surface area contributed by atoms with Gasteiger partial charge in [-0.2, -0.15) is 0 Å². The highest BCUT2D eigenvalue weighted by atomic mass is 35.5. The monoisotopic (exact) mass is 550 g/mol. The molecular weight excluding hydrogens is 511 g/mol. The molecule has 37 heavy (non-hydrogen) atoms. The van der Waals surface area contributed by atoms with Crippen molar-refractivity contribution in [3.8, 4) is 11.1 Å². The molecule has 1 saturated carbocycles. The highest BCUT2D eigenvalue weighted by Crippen LogP contribution is 2.35. The molecule has 0 radical (unpaired) electrons. The minimum Gasteiger partial charge on any atom is -0.384 e. The Hall–Kier alpha value is -1.48. The third kappa shape index (κ3) is 8.50. The van der Waals surface area contributed by atoms with Crippen LogP contribution in [0.2, 0.25) is 10.2 Å². The van der Waals surface area contributed by atoms with Crippen molar-refractivity contribution >= 4 is 28.9 Å². The normalized spacial score (nSPS) is 20.9. The van der Waals surface area contributed by atoms with E-state index in [1.165, 1.54) is 0 Å². The fraction of sp³-hybridized carbons (Fsp3) is 0.643. The van der Waals surface area contributed by atoms with Crippen LogP contribution >= 0.6 is 23.2 Å². The summed E-state index contributed by atoms with van der Waals surface area (Å²) < 4.78 is 16.1. The number of hydrogen-bond acceptors (Lipinski definition) is 7. The molecule has 0 aromatic carbocycles. The number of ether oxygens (including phenoxy) is 3. The number of hydrogen-bond donors (Lipinski definition) is 2. The molecule has 0 spiro atoms. The predicted octanol–water partition coefficient (Wildman–Crippen LogP) is 5.64. The molecule has 2 aromatic heterocycles. The van der Waals surface area contributed by atoms with Gasteiger partial charge in [0.05, 0.1) is 36.2 Å². The summed E-state index contributed by atoms with van der Waals surface area (Å²) in [4.78, 5) is 9.09. The van der Waals surface area contributed by atoms with E-state index < -0.39 is 0 Å². The lowest BCUT2D eigenvalue weighted by atomic mass is 9.83. The molecule has 9 heteroatoms. The second kappa shape index (κ2) is 14.6. The minimum absolute atomic E-state index is 0.234. The molecule has 1 saturated heterocycles. The Balaban J connectivity index is 1.36. The molecule has 7 nitrogen and oxygen atoms in total. The Morgan fingerprint density at radius 1 is 0.919 bits per heavy atom. The number of nitrogens with zero attached hydrogens (tertiary/aromatic N) is 2. The van der Waals surface area contributed by atoms with Gasteiger partial charge in [-0.05, 0) is 68.9 Å². The van der Waals surface area contributed by atoms with Gasteiger partial charge in [-0.1, -0.05) is 23.2 Å². The lowest BCUT2D eigenvalue weighted by molar-refractivity contribution is 0.0699. The van der Waals surface area contributed by atoms with Crippen molar-refractivity contribution in [1.29, 1.82) is 0 Å². The van der Waals surface area contributed by atoms with Crippen molar-refractivity contribution in [2.45, 2.75) is 57.0 Å². The van der Waals surface area contributed by atoms with Gasteiger partial charge in [-0.25, -0.2) is 4.98 Å². The maximum absolute atomic E-state index is 6.60. The second-order valence-corrected chi connectivity index (χ2v) is 11.1. The maximum Gasteiger partial charge on any atom is 0.137 e. The van der Waals surface area contributed by atoms with Gasteiger partial charge in [0.25, 0.3) is 0 Å². The SMILES string of the molecule is COCC(COC)NC1CCC(Cc2cc(-c3cc(NCC4CCOCC4)cnc3Cl)c(Cl)cn2)CC1. The van der Waals surface area contributed by atoms with Gasteiger partial charge in [0.2, 0.25) is 0 Å². The first-order valence-electron chi connectivity index (χ1n) is 13.4. The average molecular weight is 552 g/mol. The molecule has 1 aliphatic heterocycles. The Bertz CT molecular complexity index is 976. The van der Waals surface area contributed by atoms with Crippen LogP contribution in [0.4, 0.5) is 5.69 Å². The third-order valence-corrected chi connectivity index (χ3v) is 8.13. The van der Waals surface area contributed by atoms with Crippen molar-refractivity contribution in [1.82, 2.24) is 15.3 Å². The number of rotatable bonds is 12. The summed E-state index contributed by atoms with van der Waals surface area (Å²) in [6, 6.07) is 4.87. The Morgan fingerprint density at radius 3 is 2.35 bits per heavy atom. The van der Waals surface area contributed by atoms with Gasteiger partial charge in [0, 0.05) is 63.0 Å². The largest absolute Gasteiger partial charge is 0.384 e. The van der Waals surface area contributed by atoms with E-state index in [1.807, 2.05) is 6.07 Å². The number of halogens is 2. The predicted molar refractivity (Wildman–Crippen MR) is 150 cm³/mol. The Morgan fingerprint density at radius 2 is 1.65 bits per heavy atom. The fourth-order valence-electron chi connectivity index (χ4n) is 5.46. The quantitative estimate of drug-likeness (QED) is 0.331. The molecular formula is C28H40Cl2N4O3. The topological polar surface area (TPSA) is 77.5 Å². The Labute approximate surface area is 231 Å². The van der Waals surface area contributed by atoms with Crippen LogP contribution in [0, 0.1) is 11.8 Å². The van der Waals surface area contributed by atoms with Crippen molar-refractivity contribution in [2.24, 2.45) is 11.8 Å². The summed E-state index contributed by atoms with van der Waals surface area (Å²) in [7, 11) is 3.47. The zero-order valence-corrected chi connectivity index (χ0v) is 23.5. The van der Waals surface area contributed by atoms with Gasteiger partial charge >= 0.3 is 0 Å². The number of aromatic nitrogens is 2. The zero-order chi connectivity index (χ0) is 26.0.